The van der Waals surface area contributed by atoms with Gasteiger partial charge in [0.1, 0.15) is 0 Å². The Morgan fingerprint density at radius 2 is 2.00 bits per heavy atom. The summed E-state index contributed by atoms with van der Waals surface area (Å²) in [6.07, 6.45) is 7.10. The fourth-order valence-corrected chi connectivity index (χ4v) is 2.06. The standard InChI is InChI=1S/C10H19NO/c1-8-7-10(5-6-12-8)11-9-3-2-4-9/h8-11H,2-7H2,1H3. The Kier molecular flexibility index (Phi) is 2.66. The minimum atomic E-state index is 0.469. The Morgan fingerprint density at radius 3 is 2.58 bits per heavy atom. The first-order chi connectivity index (χ1) is 5.84. The highest BCUT2D eigenvalue weighted by atomic mass is 16.5. The molecule has 70 valence electrons. The molecule has 2 fully saturated rings. The third-order valence-electron chi connectivity index (χ3n) is 3.06. The summed E-state index contributed by atoms with van der Waals surface area (Å²) in [4.78, 5) is 0. The zero-order valence-electron chi connectivity index (χ0n) is 7.88. The monoisotopic (exact) mass is 169 g/mol. The molecule has 1 N–H and O–H groups in total. The molecule has 0 radical (unpaired) electrons. The molecule has 1 aliphatic carbocycles. The highest BCUT2D eigenvalue weighted by Crippen LogP contribution is 2.21. The fraction of sp³-hybridized carbons (Fsp3) is 1.00. The predicted molar refractivity (Wildman–Crippen MR) is 49.2 cm³/mol. The molecule has 2 heteroatoms. The molecule has 0 spiro atoms. The van der Waals surface area contributed by atoms with E-state index in [1.165, 1.54) is 32.1 Å². The van der Waals surface area contributed by atoms with Gasteiger partial charge in [0.05, 0.1) is 6.10 Å². The fourth-order valence-electron chi connectivity index (χ4n) is 2.06. The normalized spacial score (nSPS) is 37.8. The zero-order valence-corrected chi connectivity index (χ0v) is 7.88. The Hall–Kier alpha value is -0.0800. The molecule has 0 bridgehead atoms. The Balaban J connectivity index is 1.71. The Morgan fingerprint density at radius 1 is 1.17 bits per heavy atom. The first-order valence-electron chi connectivity index (χ1n) is 5.22. The van der Waals surface area contributed by atoms with Crippen molar-refractivity contribution in [3.63, 3.8) is 0 Å². The molecule has 2 rings (SSSR count). The van der Waals surface area contributed by atoms with E-state index in [9.17, 15) is 0 Å². The van der Waals surface area contributed by atoms with E-state index in [1.54, 1.807) is 0 Å². The van der Waals surface area contributed by atoms with Gasteiger partial charge in [-0.15, -0.1) is 0 Å². The van der Waals surface area contributed by atoms with E-state index >= 15 is 0 Å². The highest BCUT2D eigenvalue weighted by Gasteiger charge is 2.24. The molecule has 12 heavy (non-hydrogen) atoms. The van der Waals surface area contributed by atoms with Crippen molar-refractivity contribution in [3.8, 4) is 0 Å². The molecule has 0 aromatic rings. The second-order valence-electron chi connectivity index (χ2n) is 4.20. The maximum absolute atomic E-state index is 5.50. The maximum atomic E-state index is 5.50. The summed E-state index contributed by atoms with van der Waals surface area (Å²) in [6.45, 7) is 3.13. The van der Waals surface area contributed by atoms with E-state index in [2.05, 4.69) is 12.2 Å². The van der Waals surface area contributed by atoms with Gasteiger partial charge in [-0.2, -0.15) is 0 Å². The van der Waals surface area contributed by atoms with Crippen molar-refractivity contribution in [3.05, 3.63) is 0 Å². The molecule has 1 aliphatic heterocycles. The summed E-state index contributed by atoms with van der Waals surface area (Å²) in [5, 5.41) is 3.71. The molecule has 0 amide bonds. The van der Waals surface area contributed by atoms with Crippen molar-refractivity contribution in [2.45, 2.75) is 57.2 Å². The van der Waals surface area contributed by atoms with Gasteiger partial charge in [-0.05, 0) is 32.6 Å². The van der Waals surface area contributed by atoms with Crippen molar-refractivity contribution in [2.75, 3.05) is 6.61 Å². The molecular weight excluding hydrogens is 150 g/mol. The van der Waals surface area contributed by atoms with Crippen LogP contribution in [0.15, 0.2) is 0 Å². The van der Waals surface area contributed by atoms with Crippen molar-refractivity contribution >= 4 is 0 Å². The van der Waals surface area contributed by atoms with Gasteiger partial charge in [0.2, 0.25) is 0 Å². The van der Waals surface area contributed by atoms with Crippen LogP contribution >= 0.6 is 0 Å². The summed E-state index contributed by atoms with van der Waals surface area (Å²) >= 11 is 0. The molecular formula is C10H19NO. The predicted octanol–water partition coefficient (Wildman–Crippen LogP) is 1.70. The van der Waals surface area contributed by atoms with Crippen molar-refractivity contribution in [2.24, 2.45) is 0 Å². The summed E-state index contributed by atoms with van der Waals surface area (Å²) in [7, 11) is 0. The SMILES string of the molecule is CC1CC(NC2CCC2)CCO1. The van der Waals surface area contributed by atoms with Crippen LogP contribution < -0.4 is 5.32 Å². The lowest BCUT2D eigenvalue weighted by Gasteiger charge is -2.35. The number of rotatable bonds is 2. The molecule has 2 aliphatic rings. The van der Waals surface area contributed by atoms with E-state index in [1.807, 2.05) is 0 Å². The average molecular weight is 169 g/mol. The van der Waals surface area contributed by atoms with Gasteiger partial charge in [0, 0.05) is 18.7 Å². The number of ether oxygens (including phenoxy) is 1. The average Bonchev–Trinajstić information content (AvgIpc) is 1.97. The Bertz CT molecular complexity index is 145. The van der Waals surface area contributed by atoms with Crippen molar-refractivity contribution in [1.29, 1.82) is 0 Å². The number of hydrogen-bond donors (Lipinski definition) is 1. The first kappa shape index (κ1) is 8.52. The minimum absolute atomic E-state index is 0.469. The third kappa shape index (κ3) is 1.99. The molecule has 0 aromatic heterocycles. The van der Waals surface area contributed by atoms with Gasteiger partial charge < -0.3 is 10.1 Å². The maximum Gasteiger partial charge on any atom is 0.0561 e. The Labute approximate surface area is 74.7 Å². The van der Waals surface area contributed by atoms with Crippen LogP contribution in [0.1, 0.15) is 39.0 Å². The van der Waals surface area contributed by atoms with Gasteiger partial charge in [0.15, 0.2) is 0 Å². The van der Waals surface area contributed by atoms with Crippen LogP contribution in [-0.2, 0) is 4.74 Å². The van der Waals surface area contributed by atoms with Crippen LogP contribution in [0, 0.1) is 0 Å². The van der Waals surface area contributed by atoms with Crippen LogP contribution in [0.5, 0.6) is 0 Å². The van der Waals surface area contributed by atoms with Gasteiger partial charge >= 0.3 is 0 Å². The summed E-state index contributed by atoms with van der Waals surface area (Å²) < 4.78 is 5.50. The largest absolute Gasteiger partial charge is 0.378 e. The van der Waals surface area contributed by atoms with Gasteiger partial charge in [0.25, 0.3) is 0 Å². The van der Waals surface area contributed by atoms with Crippen LogP contribution in [0.4, 0.5) is 0 Å². The van der Waals surface area contributed by atoms with Gasteiger partial charge in [-0.25, -0.2) is 0 Å². The second kappa shape index (κ2) is 3.75. The molecule has 1 saturated carbocycles. The third-order valence-corrected chi connectivity index (χ3v) is 3.06. The molecule has 2 nitrogen and oxygen atoms in total. The molecule has 0 aromatic carbocycles. The smallest absolute Gasteiger partial charge is 0.0561 e. The molecule has 1 heterocycles. The lowest BCUT2D eigenvalue weighted by atomic mass is 9.91. The van der Waals surface area contributed by atoms with Gasteiger partial charge in [-0.1, -0.05) is 6.42 Å². The van der Waals surface area contributed by atoms with Crippen LogP contribution in [-0.4, -0.2) is 24.8 Å². The quantitative estimate of drug-likeness (QED) is 0.679. The number of nitrogens with one attached hydrogen (secondary N) is 1. The summed E-state index contributed by atoms with van der Waals surface area (Å²) in [6, 6.07) is 1.57. The second-order valence-corrected chi connectivity index (χ2v) is 4.20. The van der Waals surface area contributed by atoms with Crippen LogP contribution in [0.3, 0.4) is 0 Å². The molecule has 2 atom stereocenters. The van der Waals surface area contributed by atoms with Crippen molar-refractivity contribution in [1.82, 2.24) is 5.32 Å². The topological polar surface area (TPSA) is 21.3 Å². The summed E-state index contributed by atoms with van der Waals surface area (Å²) in [5.74, 6) is 0. The van der Waals surface area contributed by atoms with Crippen LogP contribution in [0.25, 0.3) is 0 Å². The van der Waals surface area contributed by atoms with Crippen molar-refractivity contribution < 1.29 is 4.74 Å². The van der Waals surface area contributed by atoms with E-state index < -0.39 is 0 Å². The van der Waals surface area contributed by atoms with Crippen LogP contribution in [0.2, 0.25) is 0 Å². The zero-order chi connectivity index (χ0) is 8.39. The van der Waals surface area contributed by atoms with E-state index in [0.29, 0.717) is 6.10 Å². The van der Waals surface area contributed by atoms with E-state index in [4.69, 9.17) is 4.74 Å². The van der Waals surface area contributed by atoms with Gasteiger partial charge in [-0.3, -0.25) is 0 Å². The molecule has 2 unspecified atom stereocenters. The number of hydrogen-bond acceptors (Lipinski definition) is 2. The lowest BCUT2D eigenvalue weighted by molar-refractivity contribution is 0.00920. The van der Waals surface area contributed by atoms with E-state index in [-0.39, 0.29) is 0 Å². The first-order valence-corrected chi connectivity index (χ1v) is 5.22. The molecule has 1 saturated heterocycles. The highest BCUT2D eigenvalue weighted by molar-refractivity contribution is 4.83. The lowest BCUT2D eigenvalue weighted by Crippen LogP contribution is -2.46. The minimum Gasteiger partial charge on any atom is -0.378 e. The summed E-state index contributed by atoms with van der Waals surface area (Å²) in [5.41, 5.74) is 0. The van der Waals surface area contributed by atoms with E-state index in [0.717, 1.165) is 18.7 Å².